The van der Waals surface area contributed by atoms with E-state index >= 15 is 0 Å². The maximum absolute atomic E-state index is 9.38. The summed E-state index contributed by atoms with van der Waals surface area (Å²) in [6, 6.07) is 0.859. The monoisotopic (exact) mass is 143 g/mol. The maximum Gasteiger partial charge on any atom is 0.0693 e. The highest BCUT2D eigenvalue weighted by Gasteiger charge is 2.24. The largest absolute Gasteiger partial charge is 0.392 e. The summed E-state index contributed by atoms with van der Waals surface area (Å²) in [5.74, 6) is 0. The Morgan fingerprint density at radius 2 is 2.10 bits per heavy atom. The fraction of sp³-hybridized carbons (Fsp3) is 1.00. The Morgan fingerprint density at radius 3 is 2.50 bits per heavy atom. The molecular formula is C8H17NO. The van der Waals surface area contributed by atoms with Gasteiger partial charge >= 0.3 is 0 Å². The first kappa shape index (κ1) is 8.02. The van der Waals surface area contributed by atoms with Crippen LogP contribution in [0.2, 0.25) is 0 Å². The van der Waals surface area contributed by atoms with Gasteiger partial charge in [-0.1, -0.05) is 13.8 Å². The minimum absolute atomic E-state index is 0.0950. The van der Waals surface area contributed by atoms with Gasteiger partial charge in [0.2, 0.25) is 0 Å². The summed E-state index contributed by atoms with van der Waals surface area (Å²) in [6.07, 6.45) is 3.19. The number of nitrogens with one attached hydrogen (secondary N) is 1. The predicted molar refractivity (Wildman–Crippen MR) is 41.9 cm³/mol. The molecule has 2 atom stereocenters. The minimum atomic E-state index is -0.0950. The van der Waals surface area contributed by atoms with E-state index in [1.54, 1.807) is 0 Å². The van der Waals surface area contributed by atoms with Gasteiger partial charge in [-0.05, 0) is 19.3 Å². The van der Waals surface area contributed by atoms with Crippen LogP contribution in [0.25, 0.3) is 0 Å². The smallest absolute Gasteiger partial charge is 0.0693 e. The molecule has 1 rings (SSSR count). The summed E-state index contributed by atoms with van der Waals surface area (Å²) in [5, 5.41) is 12.7. The number of aliphatic hydroxyl groups excluding tert-OH is 1. The van der Waals surface area contributed by atoms with Crippen molar-refractivity contribution in [2.24, 2.45) is 0 Å². The summed E-state index contributed by atoms with van der Waals surface area (Å²) in [6.45, 7) is 4.23. The van der Waals surface area contributed by atoms with Crippen LogP contribution in [0.3, 0.4) is 0 Å². The Bertz CT molecular complexity index is 103. The molecule has 2 N–H and O–H groups in total. The van der Waals surface area contributed by atoms with Crippen molar-refractivity contribution < 1.29 is 5.11 Å². The Hall–Kier alpha value is -0.0800. The van der Waals surface area contributed by atoms with Crippen LogP contribution in [0.15, 0.2) is 0 Å². The fourth-order valence-corrected chi connectivity index (χ4v) is 1.56. The van der Waals surface area contributed by atoms with Crippen molar-refractivity contribution in [3.63, 3.8) is 0 Å². The summed E-state index contributed by atoms with van der Waals surface area (Å²) < 4.78 is 0. The Kier molecular flexibility index (Phi) is 2.69. The molecule has 1 saturated carbocycles. The van der Waals surface area contributed by atoms with E-state index in [1.165, 1.54) is 6.42 Å². The van der Waals surface area contributed by atoms with E-state index in [-0.39, 0.29) is 6.10 Å². The van der Waals surface area contributed by atoms with Gasteiger partial charge in [-0.15, -0.1) is 0 Å². The second kappa shape index (κ2) is 3.35. The van der Waals surface area contributed by atoms with Gasteiger partial charge in [-0.2, -0.15) is 0 Å². The van der Waals surface area contributed by atoms with Crippen LogP contribution < -0.4 is 5.32 Å². The molecule has 0 radical (unpaired) electrons. The molecule has 0 aromatic heterocycles. The summed E-state index contributed by atoms with van der Waals surface area (Å²) in [7, 11) is 0. The van der Waals surface area contributed by atoms with E-state index in [1.807, 2.05) is 0 Å². The number of hydrogen-bond acceptors (Lipinski definition) is 2. The van der Waals surface area contributed by atoms with E-state index in [4.69, 9.17) is 0 Å². The van der Waals surface area contributed by atoms with Crippen LogP contribution in [0.5, 0.6) is 0 Å². The number of aliphatic hydroxyl groups is 1. The fourth-order valence-electron chi connectivity index (χ4n) is 1.56. The molecule has 0 amide bonds. The van der Waals surface area contributed by atoms with Crippen molar-refractivity contribution in [3.05, 3.63) is 0 Å². The van der Waals surface area contributed by atoms with Gasteiger partial charge in [0.1, 0.15) is 0 Å². The molecular weight excluding hydrogens is 126 g/mol. The van der Waals surface area contributed by atoms with E-state index in [0.29, 0.717) is 12.1 Å². The zero-order valence-corrected chi connectivity index (χ0v) is 6.80. The summed E-state index contributed by atoms with van der Waals surface area (Å²) in [4.78, 5) is 0. The number of hydrogen-bond donors (Lipinski definition) is 2. The third kappa shape index (κ3) is 1.96. The molecule has 10 heavy (non-hydrogen) atoms. The van der Waals surface area contributed by atoms with Gasteiger partial charge in [0.25, 0.3) is 0 Å². The molecule has 1 aliphatic rings. The van der Waals surface area contributed by atoms with Crippen molar-refractivity contribution in [1.29, 1.82) is 0 Å². The molecule has 0 unspecified atom stereocenters. The highest BCUT2D eigenvalue weighted by atomic mass is 16.3. The van der Waals surface area contributed by atoms with E-state index in [0.717, 1.165) is 12.8 Å². The molecule has 0 bridgehead atoms. The zero-order chi connectivity index (χ0) is 7.56. The maximum atomic E-state index is 9.38. The molecule has 0 aliphatic heterocycles. The Labute approximate surface area is 62.6 Å². The standard InChI is InChI=1S/C8H17NO/c1-6(2)9-7-4-3-5-8(7)10/h6-10H,3-5H2,1-2H3/t7-,8+/m0/s1. The van der Waals surface area contributed by atoms with Crippen molar-refractivity contribution in [1.82, 2.24) is 5.32 Å². The zero-order valence-electron chi connectivity index (χ0n) is 6.80. The molecule has 0 aromatic carbocycles. The minimum Gasteiger partial charge on any atom is -0.392 e. The van der Waals surface area contributed by atoms with Crippen molar-refractivity contribution in [2.75, 3.05) is 0 Å². The summed E-state index contributed by atoms with van der Waals surface area (Å²) in [5.41, 5.74) is 0. The molecule has 1 fully saturated rings. The number of rotatable bonds is 2. The van der Waals surface area contributed by atoms with Crippen molar-refractivity contribution in [3.8, 4) is 0 Å². The first-order chi connectivity index (χ1) is 4.70. The molecule has 0 aromatic rings. The van der Waals surface area contributed by atoms with Crippen LogP contribution in [0.1, 0.15) is 33.1 Å². The first-order valence-electron chi connectivity index (χ1n) is 4.14. The Morgan fingerprint density at radius 1 is 1.40 bits per heavy atom. The third-order valence-corrected chi connectivity index (χ3v) is 2.03. The molecule has 2 heteroatoms. The van der Waals surface area contributed by atoms with Crippen LogP contribution in [-0.2, 0) is 0 Å². The van der Waals surface area contributed by atoms with Gasteiger partial charge in [-0.3, -0.25) is 0 Å². The van der Waals surface area contributed by atoms with Crippen molar-refractivity contribution >= 4 is 0 Å². The van der Waals surface area contributed by atoms with Crippen LogP contribution in [0.4, 0.5) is 0 Å². The Balaban J connectivity index is 2.26. The van der Waals surface area contributed by atoms with Gasteiger partial charge in [0, 0.05) is 12.1 Å². The third-order valence-electron chi connectivity index (χ3n) is 2.03. The van der Waals surface area contributed by atoms with Gasteiger partial charge in [-0.25, -0.2) is 0 Å². The molecule has 0 heterocycles. The molecule has 60 valence electrons. The quantitative estimate of drug-likeness (QED) is 0.602. The summed E-state index contributed by atoms with van der Waals surface area (Å²) >= 11 is 0. The van der Waals surface area contributed by atoms with Gasteiger partial charge in [0.05, 0.1) is 6.10 Å². The molecule has 0 spiro atoms. The topological polar surface area (TPSA) is 32.3 Å². The molecule has 2 nitrogen and oxygen atoms in total. The van der Waals surface area contributed by atoms with E-state index in [2.05, 4.69) is 19.2 Å². The first-order valence-corrected chi connectivity index (χ1v) is 4.14. The van der Waals surface area contributed by atoms with Crippen molar-refractivity contribution in [2.45, 2.75) is 51.3 Å². The molecule has 1 aliphatic carbocycles. The van der Waals surface area contributed by atoms with Crippen LogP contribution in [0, 0.1) is 0 Å². The average molecular weight is 143 g/mol. The normalized spacial score (nSPS) is 33.6. The van der Waals surface area contributed by atoms with E-state index < -0.39 is 0 Å². The van der Waals surface area contributed by atoms with E-state index in [9.17, 15) is 5.11 Å². The predicted octanol–water partition coefficient (Wildman–Crippen LogP) is 0.898. The second-order valence-electron chi connectivity index (χ2n) is 3.43. The van der Waals surface area contributed by atoms with Crippen LogP contribution in [-0.4, -0.2) is 23.3 Å². The lowest BCUT2D eigenvalue weighted by Crippen LogP contribution is -2.39. The average Bonchev–Trinajstić information content (AvgIpc) is 2.15. The highest BCUT2D eigenvalue weighted by molar-refractivity contribution is 4.83. The SMILES string of the molecule is CC(C)N[C@H]1CCC[C@H]1O. The van der Waals surface area contributed by atoms with Gasteiger partial charge in [0.15, 0.2) is 0 Å². The molecule has 0 saturated heterocycles. The van der Waals surface area contributed by atoms with Gasteiger partial charge < -0.3 is 10.4 Å². The second-order valence-corrected chi connectivity index (χ2v) is 3.43. The lowest BCUT2D eigenvalue weighted by Gasteiger charge is -2.18. The lowest BCUT2D eigenvalue weighted by atomic mass is 10.2. The highest BCUT2D eigenvalue weighted by Crippen LogP contribution is 2.18. The lowest BCUT2D eigenvalue weighted by molar-refractivity contribution is 0.145. The van der Waals surface area contributed by atoms with Crippen LogP contribution >= 0.6 is 0 Å².